The summed E-state index contributed by atoms with van der Waals surface area (Å²) in [7, 11) is 0. The number of piperidine rings is 1. The minimum atomic E-state index is -4.93. The third-order valence-corrected chi connectivity index (χ3v) is 4.77. The number of alkyl halides is 6. The van der Waals surface area contributed by atoms with Gasteiger partial charge in [0.1, 0.15) is 5.69 Å². The number of nitrogens with one attached hydrogen (secondary N) is 2. The van der Waals surface area contributed by atoms with E-state index in [1.54, 1.807) is 0 Å². The zero-order valence-corrected chi connectivity index (χ0v) is 15.4. The zero-order chi connectivity index (χ0) is 21.2. The molecule has 4 rings (SSSR count). The van der Waals surface area contributed by atoms with Crippen molar-refractivity contribution in [3.05, 3.63) is 41.1 Å². The molecule has 0 radical (unpaired) electrons. The number of pyridine rings is 1. The van der Waals surface area contributed by atoms with Gasteiger partial charge >= 0.3 is 12.4 Å². The van der Waals surface area contributed by atoms with Crippen LogP contribution in [0.1, 0.15) is 42.2 Å². The quantitative estimate of drug-likeness (QED) is 0.506. The molecule has 3 N–H and O–H groups in total. The van der Waals surface area contributed by atoms with Crippen LogP contribution in [0.4, 0.5) is 26.3 Å². The van der Waals surface area contributed by atoms with Crippen molar-refractivity contribution in [3.63, 3.8) is 0 Å². The van der Waals surface area contributed by atoms with Crippen LogP contribution in [0.5, 0.6) is 0 Å². The van der Waals surface area contributed by atoms with Crippen molar-refractivity contribution in [1.82, 2.24) is 15.6 Å². The van der Waals surface area contributed by atoms with E-state index < -0.39 is 41.3 Å². The number of hydrogen-bond acceptors (Lipinski definition) is 4. The van der Waals surface area contributed by atoms with Gasteiger partial charge < -0.3 is 15.7 Å². The lowest BCUT2D eigenvalue weighted by Crippen LogP contribution is -2.39. The Morgan fingerprint density at radius 2 is 1.69 bits per heavy atom. The van der Waals surface area contributed by atoms with Crippen LogP contribution in [-0.2, 0) is 12.4 Å². The lowest BCUT2D eigenvalue weighted by molar-refractivity contribution is -0.142. The Hall–Kier alpha value is -1.91. The molecule has 2 aromatic rings. The first-order chi connectivity index (χ1) is 13.6. The summed E-state index contributed by atoms with van der Waals surface area (Å²) in [6, 6.07) is 3.16. The first-order valence-corrected chi connectivity index (χ1v) is 9.29. The molecule has 2 saturated heterocycles. The largest absolute Gasteiger partial charge is 0.433 e. The molecular formula is C19H21F6N3O. The van der Waals surface area contributed by atoms with Crippen molar-refractivity contribution in [1.29, 1.82) is 0 Å². The summed E-state index contributed by atoms with van der Waals surface area (Å²) >= 11 is 0. The predicted molar refractivity (Wildman–Crippen MR) is 95.2 cm³/mol. The fourth-order valence-corrected chi connectivity index (χ4v) is 3.26. The van der Waals surface area contributed by atoms with Crippen LogP contribution in [0, 0.1) is 0 Å². The molecule has 0 unspecified atom stereocenters. The van der Waals surface area contributed by atoms with Crippen molar-refractivity contribution in [3.8, 4) is 0 Å². The number of aliphatic hydroxyl groups is 1. The van der Waals surface area contributed by atoms with Gasteiger partial charge in [0, 0.05) is 24.5 Å². The average Bonchev–Trinajstić information content (AvgIpc) is 3.54. The molecule has 0 aliphatic carbocycles. The van der Waals surface area contributed by atoms with Crippen LogP contribution in [0.15, 0.2) is 24.3 Å². The number of aliphatic hydroxyl groups excluding tert-OH is 1. The monoisotopic (exact) mass is 421 g/mol. The molecule has 3 heterocycles. The molecule has 0 saturated carbocycles. The summed E-state index contributed by atoms with van der Waals surface area (Å²) in [6.07, 6.45) is -9.00. The van der Waals surface area contributed by atoms with Crippen molar-refractivity contribution in [2.24, 2.45) is 0 Å². The van der Waals surface area contributed by atoms with Gasteiger partial charge in [0.15, 0.2) is 0 Å². The molecule has 2 aliphatic rings. The maximum atomic E-state index is 13.2. The average molecular weight is 421 g/mol. The molecule has 2 fully saturated rings. The summed E-state index contributed by atoms with van der Waals surface area (Å²) in [4.78, 5) is 3.22. The number of aromatic nitrogens is 1. The molecule has 2 atom stereocenters. The molecule has 1 aromatic carbocycles. The lowest BCUT2D eigenvalue weighted by Gasteiger charge is -2.29. The van der Waals surface area contributed by atoms with E-state index in [0.29, 0.717) is 25.1 Å². The molecular weight excluding hydrogens is 400 g/mol. The van der Waals surface area contributed by atoms with Gasteiger partial charge in [-0.25, -0.2) is 4.98 Å². The Morgan fingerprint density at radius 1 is 1.00 bits per heavy atom. The number of halogens is 6. The molecule has 1 aromatic heterocycles. The Morgan fingerprint density at radius 3 is 2.21 bits per heavy atom. The van der Waals surface area contributed by atoms with E-state index in [0.717, 1.165) is 18.9 Å². The number of nitrogens with zero attached hydrogens (tertiary/aromatic N) is 1. The van der Waals surface area contributed by atoms with E-state index in [9.17, 15) is 31.4 Å². The highest BCUT2D eigenvalue weighted by molar-refractivity contribution is 5.86. The summed E-state index contributed by atoms with van der Waals surface area (Å²) in [5, 5.41) is 16.5. The second-order valence-corrected chi connectivity index (χ2v) is 7.05. The number of para-hydroxylation sites is 1. The number of rotatable bonds is 2. The van der Waals surface area contributed by atoms with Crippen LogP contribution in [0.3, 0.4) is 0 Å². The maximum absolute atomic E-state index is 13.2. The highest BCUT2D eigenvalue weighted by Gasteiger charge is 2.38. The van der Waals surface area contributed by atoms with Crippen molar-refractivity contribution < 1.29 is 31.4 Å². The third-order valence-electron chi connectivity index (χ3n) is 4.77. The molecule has 0 amide bonds. The minimum absolute atomic E-state index is 0.132. The van der Waals surface area contributed by atoms with Gasteiger partial charge in [-0.3, -0.25) is 0 Å². The number of fused-ring (bicyclic) bond motifs is 1. The Balaban J connectivity index is 0.000000732. The zero-order valence-electron chi connectivity index (χ0n) is 15.4. The SMILES string of the molecule is C1CN1.O[C@@H](c1cc(C(F)(F)F)nc2c(C(F)(F)F)cccc12)[C@H]1CCCCN1. The van der Waals surface area contributed by atoms with E-state index in [1.807, 2.05) is 0 Å². The van der Waals surface area contributed by atoms with Crippen molar-refractivity contribution in [2.75, 3.05) is 19.6 Å². The summed E-state index contributed by atoms with van der Waals surface area (Å²) in [5.74, 6) is 0. The van der Waals surface area contributed by atoms with Crippen LogP contribution in [0.2, 0.25) is 0 Å². The van der Waals surface area contributed by atoms with Gasteiger partial charge in [-0.15, -0.1) is 0 Å². The second kappa shape index (κ2) is 8.45. The van der Waals surface area contributed by atoms with Crippen LogP contribution >= 0.6 is 0 Å². The summed E-state index contributed by atoms with van der Waals surface area (Å²) in [6.45, 7) is 3.09. The van der Waals surface area contributed by atoms with Crippen molar-refractivity contribution >= 4 is 10.9 Å². The standard InChI is InChI=1S/C17H16F6N2O.C2H5N/c18-16(19,20)11-5-3-4-9-10(15(26)12-6-1-2-7-24-12)8-13(17(21,22)23)25-14(9)11;1-2-3-1/h3-5,8,12,15,24,26H,1-2,6-7H2;3H,1-2H2/t12-,15+;/m1./s1. The van der Waals surface area contributed by atoms with Gasteiger partial charge in [0.05, 0.1) is 17.2 Å². The van der Waals surface area contributed by atoms with E-state index in [-0.39, 0.29) is 10.9 Å². The normalized spacial score (nSPS) is 20.7. The predicted octanol–water partition coefficient (Wildman–Crippen LogP) is 4.04. The van der Waals surface area contributed by atoms with Gasteiger partial charge in [-0.1, -0.05) is 18.6 Å². The van der Waals surface area contributed by atoms with E-state index in [4.69, 9.17) is 0 Å². The Bertz CT molecular complexity index is 841. The second-order valence-electron chi connectivity index (χ2n) is 7.05. The first kappa shape index (κ1) is 21.8. The molecule has 29 heavy (non-hydrogen) atoms. The van der Waals surface area contributed by atoms with Crippen LogP contribution in [-0.4, -0.2) is 35.8 Å². The van der Waals surface area contributed by atoms with Gasteiger partial charge in [0.2, 0.25) is 0 Å². The third kappa shape index (κ3) is 5.37. The van der Waals surface area contributed by atoms with Gasteiger partial charge in [-0.05, 0) is 37.1 Å². The molecule has 2 aliphatic heterocycles. The summed E-state index contributed by atoms with van der Waals surface area (Å²) in [5.41, 5.74) is -3.72. The molecule has 0 spiro atoms. The number of hydrogen-bond donors (Lipinski definition) is 3. The van der Waals surface area contributed by atoms with E-state index in [2.05, 4.69) is 15.6 Å². The van der Waals surface area contributed by atoms with E-state index >= 15 is 0 Å². The smallest absolute Gasteiger partial charge is 0.387 e. The van der Waals surface area contributed by atoms with Gasteiger partial charge in [0.25, 0.3) is 0 Å². The molecule has 4 nitrogen and oxygen atoms in total. The van der Waals surface area contributed by atoms with Crippen LogP contribution < -0.4 is 10.6 Å². The Labute approximate surface area is 163 Å². The fraction of sp³-hybridized carbons (Fsp3) is 0.526. The Kier molecular flexibility index (Phi) is 6.35. The number of benzene rings is 1. The molecule has 160 valence electrons. The lowest BCUT2D eigenvalue weighted by atomic mass is 9.91. The fourth-order valence-electron chi connectivity index (χ4n) is 3.26. The maximum Gasteiger partial charge on any atom is 0.433 e. The highest BCUT2D eigenvalue weighted by atomic mass is 19.4. The van der Waals surface area contributed by atoms with Crippen LogP contribution in [0.25, 0.3) is 10.9 Å². The summed E-state index contributed by atoms with van der Waals surface area (Å²) < 4.78 is 79.3. The topological polar surface area (TPSA) is 67.1 Å². The molecule has 0 bridgehead atoms. The minimum Gasteiger partial charge on any atom is -0.387 e. The van der Waals surface area contributed by atoms with Crippen molar-refractivity contribution in [2.45, 2.75) is 43.8 Å². The highest BCUT2D eigenvalue weighted by Crippen LogP contribution is 2.39. The van der Waals surface area contributed by atoms with Gasteiger partial charge in [-0.2, -0.15) is 26.3 Å². The molecule has 10 heteroatoms. The van der Waals surface area contributed by atoms with E-state index in [1.165, 1.54) is 19.2 Å². The first-order valence-electron chi connectivity index (χ1n) is 9.29.